The number of piperazine rings is 1. The van der Waals surface area contributed by atoms with Crippen molar-refractivity contribution >= 4 is 33.4 Å². The molecule has 2 N–H and O–H groups in total. The number of fused-ring (bicyclic) bond motifs is 1. The van der Waals surface area contributed by atoms with Gasteiger partial charge in [-0.05, 0) is 12.1 Å². The third-order valence-corrected chi connectivity index (χ3v) is 4.26. The molecule has 3 rings (SSSR count). The Bertz CT molecular complexity index is 637. The normalized spacial score (nSPS) is 20.0. The van der Waals surface area contributed by atoms with Crippen LogP contribution >= 0.6 is 11.3 Å². The van der Waals surface area contributed by atoms with Crippen LogP contribution in [0.1, 0.15) is 5.01 Å². The topological polar surface area (TPSA) is 82.5 Å². The Balaban J connectivity index is 1.83. The van der Waals surface area contributed by atoms with Crippen molar-refractivity contribution in [2.75, 3.05) is 13.1 Å². The minimum atomic E-state index is -0.925. The molecule has 7 heteroatoms. The van der Waals surface area contributed by atoms with E-state index in [-0.39, 0.29) is 19.0 Å². The SMILES string of the molecule is O=C1CN(Cc2nc3ccccc3s2)C(C(=O)O)CN1. The van der Waals surface area contributed by atoms with E-state index in [4.69, 9.17) is 0 Å². The molecule has 1 aliphatic rings. The molecule has 20 heavy (non-hydrogen) atoms. The van der Waals surface area contributed by atoms with Crippen LogP contribution < -0.4 is 5.32 Å². The summed E-state index contributed by atoms with van der Waals surface area (Å²) in [7, 11) is 0. The zero-order chi connectivity index (χ0) is 14.1. The van der Waals surface area contributed by atoms with E-state index < -0.39 is 12.0 Å². The number of rotatable bonds is 3. The first-order valence-electron chi connectivity index (χ1n) is 6.21. The molecule has 6 nitrogen and oxygen atoms in total. The number of para-hydroxylation sites is 1. The van der Waals surface area contributed by atoms with Crippen LogP contribution in [0.5, 0.6) is 0 Å². The van der Waals surface area contributed by atoms with E-state index in [1.54, 1.807) is 4.90 Å². The number of benzene rings is 1. The molecule has 1 saturated heterocycles. The lowest BCUT2D eigenvalue weighted by molar-refractivity contribution is -0.146. The molecule has 1 atom stereocenters. The van der Waals surface area contributed by atoms with Gasteiger partial charge in [0.1, 0.15) is 11.0 Å². The summed E-state index contributed by atoms with van der Waals surface area (Å²) in [6, 6.07) is 7.07. The van der Waals surface area contributed by atoms with Gasteiger partial charge in [-0.1, -0.05) is 12.1 Å². The lowest BCUT2D eigenvalue weighted by Crippen LogP contribution is -2.56. The van der Waals surface area contributed by atoms with E-state index in [1.165, 1.54) is 11.3 Å². The fourth-order valence-corrected chi connectivity index (χ4v) is 3.25. The fourth-order valence-electron chi connectivity index (χ4n) is 2.26. The van der Waals surface area contributed by atoms with Gasteiger partial charge in [0.05, 0.1) is 23.3 Å². The predicted molar refractivity (Wildman–Crippen MR) is 74.5 cm³/mol. The summed E-state index contributed by atoms with van der Waals surface area (Å²) in [6.07, 6.45) is 0. The molecule has 0 bridgehead atoms. The number of hydrogen-bond acceptors (Lipinski definition) is 5. The highest BCUT2D eigenvalue weighted by Gasteiger charge is 2.32. The van der Waals surface area contributed by atoms with E-state index in [1.807, 2.05) is 24.3 Å². The van der Waals surface area contributed by atoms with Crippen molar-refractivity contribution in [3.63, 3.8) is 0 Å². The van der Waals surface area contributed by atoms with E-state index in [2.05, 4.69) is 10.3 Å². The number of carbonyl (C=O) groups excluding carboxylic acids is 1. The summed E-state index contributed by atoms with van der Waals surface area (Å²) in [5.74, 6) is -1.07. The minimum absolute atomic E-state index is 0.0902. The number of nitrogens with one attached hydrogen (secondary N) is 1. The number of thiazole rings is 1. The highest BCUT2D eigenvalue weighted by atomic mass is 32.1. The molecule has 2 heterocycles. The van der Waals surface area contributed by atoms with Crippen LogP contribution in [0.3, 0.4) is 0 Å². The maximum Gasteiger partial charge on any atom is 0.322 e. The molecule has 1 amide bonds. The quantitative estimate of drug-likeness (QED) is 0.869. The molecule has 1 aliphatic heterocycles. The lowest BCUT2D eigenvalue weighted by Gasteiger charge is -2.31. The Hall–Kier alpha value is -1.99. The molecule has 0 aliphatic carbocycles. The van der Waals surface area contributed by atoms with Crippen LogP contribution in [0, 0.1) is 0 Å². The molecule has 1 fully saturated rings. The van der Waals surface area contributed by atoms with Gasteiger partial charge in [0.15, 0.2) is 0 Å². The smallest absolute Gasteiger partial charge is 0.322 e. The second-order valence-electron chi connectivity index (χ2n) is 4.64. The number of aromatic nitrogens is 1. The van der Waals surface area contributed by atoms with Gasteiger partial charge in [0, 0.05) is 6.54 Å². The van der Waals surface area contributed by atoms with Crippen LogP contribution in [0.4, 0.5) is 0 Å². The molecule has 0 radical (unpaired) electrons. The molecule has 1 unspecified atom stereocenters. The Morgan fingerprint density at radius 1 is 1.50 bits per heavy atom. The second kappa shape index (κ2) is 5.18. The molecule has 2 aromatic rings. The average Bonchev–Trinajstić information content (AvgIpc) is 2.80. The van der Waals surface area contributed by atoms with Gasteiger partial charge in [0.2, 0.25) is 5.91 Å². The van der Waals surface area contributed by atoms with E-state index in [0.29, 0.717) is 6.54 Å². The maximum atomic E-state index is 11.4. The summed E-state index contributed by atoms with van der Waals surface area (Å²) in [6.45, 7) is 0.607. The number of carboxylic acids is 1. The Morgan fingerprint density at radius 2 is 2.30 bits per heavy atom. The molecular weight excluding hydrogens is 278 g/mol. The number of hydrogen-bond donors (Lipinski definition) is 2. The fraction of sp³-hybridized carbons (Fsp3) is 0.308. The summed E-state index contributed by atoms with van der Waals surface area (Å²) in [5.41, 5.74) is 0.904. The first-order valence-corrected chi connectivity index (χ1v) is 7.03. The van der Waals surface area contributed by atoms with Crippen molar-refractivity contribution in [3.8, 4) is 0 Å². The zero-order valence-electron chi connectivity index (χ0n) is 10.6. The first kappa shape index (κ1) is 13.0. The average molecular weight is 291 g/mol. The van der Waals surface area contributed by atoms with E-state index >= 15 is 0 Å². The minimum Gasteiger partial charge on any atom is -0.480 e. The number of nitrogens with zero attached hydrogens (tertiary/aromatic N) is 2. The first-order chi connectivity index (χ1) is 9.63. The largest absolute Gasteiger partial charge is 0.480 e. The summed E-state index contributed by atoms with van der Waals surface area (Å²) in [5, 5.41) is 12.6. The van der Waals surface area contributed by atoms with Gasteiger partial charge in [-0.2, -0.15) is 0 Å². The van der Waals surface area contributed by atoms with Crippen molar-refractivity contribution in [2.24, 2.45) is 0 Å². The molecule has 0 spiro atoms. The Morgan fingerprint density at radius 3 is 3.05 bits per heavy atom. The second-order valence-corrected chi connectivity index (χ2v) is 5.75. The third kappa shape index (κ3) is 2.50. The zero-order valence-corrected chi connectivity index (χ0v) is 11.4. The van der Waals surface area contributed by atoms with Crippen LogP contribution in [-0.2, 0) is 16.1 Å². The Labute approximate surface area is 119 Å². The number of carboxylic acid groups (broad SMARTS) is 1. The van der Waals surface area contributed by atoms with Crippen molar-refractivity contribution in [3.05, 3.63) is 29.3 Å². The molecule has 1 aromatic carbocycles. The van der Waals surface area contributed by atoms with Crippen LogP contribution in [0.15, 0.2) is 24.3 Å². The molecule has 0 saturated carbocycles. The lowest BCUT2D eigenvalue weighted by atomic mass is 10.2. The van der Waals surface area contributed by atoms with Crippen molar-refractivity contribution in [1.82, 2.24) is 15.2 Å². The maximum absolute atomic E-state index is 11.4. The van der Waals surface area contributed by atoms with Gasteiger partial charge in [-0.15, -0.1) is 11.3 Å². The van der Waals surface area contributed by atoms with Crippen LogP contribution in [0.2, 0.25) is 0 Å². The van der Waals surface area contributed by atoms with Gasteiger partial charge in [-0.3, -0.25) is 14.5 Å². The van der Waals surface area contributed by atoms with Gasteiger partial charge in [0.25, 0.3) is 0 Å². The highest BCUT2D eigenvalue weighted by Crippen LogP contribution is 2.23. The predicted octanol–water partition coefficient (Wildman–Crippen LogP) is 0.681. The number of amides is 1. The van der Waals surface area contributed by atoms with Crippen molar-refractivity contribution in [1.29, 1.82) is 0 Å². The highest BCUT2D eigenvalue weighted by molar-refractivity contribution is 7.18. The van der Waals surface area contributed by atoms with Crippen LogP contribution in [0.25, 0.3) is 10.2 Å². The molecular formula is C13H13N3O3S. The van der Waals surface area contributed by atoms with Gasteiger partial charge >= 0.3 is 5.97 Å². The third-order valence-electron chi connectivity index (χ3n) is 3.24. The van der Waals surface area contributed by atoms with E-state index in [9.17, 15) is 14.7 Å². The monoisotopic (exact) mass is 291 g/mol. The van der Waals surface area contributed by atoms with Crippen molar-refractivity contribution < 1.29 is 14.7 Å². The van der Waals surface area contributed by atoms with E-state index in [0.717, 1.165) is 15.2 Å². The summed E-state index contributed by atoms with van der Waals surface area (Å²) in [4.78, 5) is 28.8. The van der Waals surface area contributed by atoms with Gasteiger partial charge < -0.3 is 10.4 Å². The Kier molecular flexibility index (Phi) is 3.37. The number of aliphatic carboxylic acids is 1. The van der Waals surface area contributed by atoms with Crippen molar-refractivity contribution in [2.45, 2.75) is 12.6 Å². The molecule has 104 valence electrons. The molecule has 1 aromatic heterocycles. The number of carbonyl (C=O) groups is 2. The van der Waals surface area contributed by atoms with Gasteiger partial charge in [-0.25, -0.2) is 4.98 Å². The van der Waals surface area contributed by atoms with Crippen LogP contribution in [-0.4, -0.2) is 46.0 Å². The summed E-state index contributed by atoms with van der Waals surface area (Å²) < 4.78 is 1.07. The summed E-state index contributed by atoms with van der Waals surface area (Å²) >= 11 is 1.53. The standard InChI is InChI=1S/C13H13N3O3S/c17-11-6-16(9(5-14-11)13(18)19)7-12-15-8-3-1-2-4-10(8)20-12/h1-4,9H,5-7H2,(H,14,17)(H,18,19).